The molecule has 4 rings (SSSR count). The first-order valence-electron chi connectivity index (χ1n) is 12.1. The second-order valence-corrected chi connectivity index (χ2v) is 19.7. The lowest BCUT2D eigenvalue weighted by Crippen LogP contribution is -2.65. The third-order valence-corrected chi connectivity index (χ3v) is 17.8. The van der Waals surface area contributed by atoms with Crippen molar-refractivity contribution in [3.05, 3.63) is 38.7 Å². The number of H-pyrrole nitrogens is 1. The topological polar surface area (TPSA) is 91.8 Å². The molecule has 3 aliphatic heterocycles. The average Bonchev–Trinajstić information content (AvgIpc) is 3.21. The maximum atomic E-state index is 12.8. The van der Waals surface area contributed by atoms with E-state index >= 15 is 0 Å². The number of ether oxygens (including phenoxy) is 1. The summed E-state index contributed by atoms with van der Waals surface area (Å²) in [5.41, 5.74) is -0.418. The Morgan fingerprint density at radius 1 is 0.970 bits per heavy atom. The Labute approximate surface area is 197 Å². The first kappa shape index (κ1) is 24.8. The van der Waals surface area contributed by atoms with E-state index in [4.69, 9.17) is 17.7 Å². The third-order valence-electron chi connectivity index (χ3n) is 7.47. The van der Waals surface area contributed by atoms with E-state index in [0.29, 0.717) is 18.7 Å². The van der Waals surface area contributed by atoms with Gasteiger partial charge < -0.3 is 17.7 Å². The summed E-state index contributed by atoms with van der Waals surface area (Å²) in [6.45, 7) is 17.9. The molecule has 10 heteroatoms. The van der Waals surface area contributed by atoms with Gasteiger partial charge in [-0.3, -0.25) is 14.3 Å². The van der Waals surface area contributed by atoms with E-state index in [1.807, 2.05) is 6.08 Å². The van der Waals surface area contributed by atoms with Gasteiger partial charge in [0, 0.05) is 12.5 Å². The van der Waals surface area contributed by atoms with Crippen LogP contribution in [0.2, 0.25) is 22.2 Å². The number of fused-ring (bicyclic) bond motifs is 3. The fraction of sp³-hybridized carbons (Fsp3) is 0.739. The lowest BCUT2D eigenvalue weighted by Gasteiger charge is -2.51. The van der Waals surface area contributed by atoms with Crippen LogP contribution in [0.3, 0.4) is 0 Å². The van der Waals surface area contributed by atoms with Crippen molar-refractivity contribution >= 4 is 23.2 Å². The summed E-state index contributed by atoms with van der Waals surface area (Å²) in [4.78, 5) is 27.0. The molecule has 8 nitrogen and oxygen atoms in total. The molecular weight excluding hydrogens is 456 g/mol. The van der Waals surface area contributed by atoms with Crippen LogP contribution < -0.4 is 11.2 Å². The highest BCUT2D eigenvalue weighted by molar-refractivity contribution is 6.83. The number of hydrogen-bond acceptors (Lipinski definition) is 6. The number of rotatable bonds is 4. The van der Waals surface area contributed by atoms with Gasteiger partial charge >= 0.3 is 22.8 Å². The summed E-state index contributed by atoms with van der Waals surface area (Å²) < 4.78 is 29.2. The van der Waals surface area contributed by atoms with E-state index in [-0.39, 0.29) is 34.4 Å². The second-order valence-electron chi connectivity index (χ2n) is 10.9. The van der Waals surface area contributed by atoms with Gasteiger partial charge in [-0.15, -0.1) is 0 Å². The monoisotopic (exact) mass is 494 g/mol. The molecular formula is C23H38N2O6Si2. The molecule has 0 radical (unpaired) electrons. The first-order chi connectivity index (χ1) is 15.4. The highest BCUT2D eigenvalue weighted by Crippen LogP contribution is 2.50. The molecule has 1 aromatic rings. The molecule has 3 aliphatic rings. The number of hydrogen-bond donors (Lipinski definition) is 1. The van der Waals surface area contributed by atoms with Crippen molar-refractivity contribution in [3.8, 4) is 0 Å². The fourth-order valence-corrected chi connectivity index (χ4v) is 17.0. The molecule has 0 saturated carbocycles. The van der Waals surface area contributed by atoms with E-state index in [2.05, 4.69) is 60.4 Å². The van der Waals surface area contributed by atoms with Crippen LogP contribution in [0.1, 0.15) is 67.5 Å². The van der Waals surface area contributed by atoms with Gasteiger partial charge in [0.1, 0.15) is 6.10 Å². The lowest BCUT2D eigenvalue weighted by atomic mass is 10.1. The largest absolute Gasteiger partial charge is 0.414 e. The van der Waals surface area contributed by atoms with Crippen molar-refractivity contribution < 1.29 is 17.7 Å². The normalized spacial score (nSPS) is 30.3. The number of aromatic amines is 1. The molecule has 2 saturated heterocycles. The van der Waals surface area contributed by atoms with Crippen LogP contribution in [0.25, 0.3) is 6.08 Å². The zero-order valence-corrected chi connectivity index (χ0v) is 23.0. The van der Waals surface area contributed by atoms with E-state index in [1.165, 1.54) is 10.6 Å². The van der Waals surface area contributed by atoms with Gasteiger partial charge in [-0.25, -0.2) is 4.79 Å². The SMILES string of the molecule is CC(C)[Si]1(C(C)C)OC[C@H]2O[C@@]3(C=Cc4cc(=O)[nH]c(=O)n43)C[C@@H]2O[Si](C(C)C)(C(C)C)O1. The van der Waals surface area contributed by atoms with E-state index < -0.39 is 34.1 Å². The zero-order chi connectivity index (χ0) is 24.3. The highest BCUT2D eigenvalue weighted by atomic mass is 28.5. The summed E-state index contributed by atoms with van der Waals surface area (Å²) >= 11 is 0. The summed E-state index contributed by atoms with van der Waals surface area (Å²) in [5, 5.41) is 0. The van der Waals surface area contributed by atoms with Gasteiger partial charge in [0.25, 0.3) is 5.56 Å². The molecule has 0 aliphatic carbocycles. The van der Waals surface area contributed by atoms with Crippen molar-refractivity contribution in [1.82, 2.24) is 9.55 Å². The molecule has 4 heterocycles. The van der Waals surface area contributed by atoms with Crippen LogP contribution in [-0.4, -0.2) is 45.5 Å². The Hall–Kier alpha value is -1.31. The van der Waals surface area contributed by atoms with Crippen molar-refractivity contribution in [2.75, 3.05) is 6.61 Å². The predicted molar refractivity (Wildman–Crippen MR) is 132 cm³/mol. The smallest absolute Gasteiger partial charge is 0.335 e. The van der Waals surface area contributed by atoms with E-state index in [0.717, 1.165) is 0 Å². The Bertz CT molecular complexity index is 1030. The predicted octanol–water partition coefficient (Wildman–Crippen LogP) is 3.96. The number of nitrogens with zero attached hydrogens (tertiary/aromatic N) is 1. The van der Waals surface area contributed by atoms with Crippen molar-refractivity contribution in [2.24, 2.45) is 0 Å². The van der Waals surface area contributed by atoms with Crippen molar-refractivity contribution in [3.63, 3.8) is 0 Å². The molecule has 1 aromatic heterocycles. The maximum Gasteiger partial charge on any atom is 0.335 e. The van der Waals surface area contributed by atoms with E-state index in [1.54, 1.807) is 6.08 Å². The van der Waals surface area contributed by atoms with Crippen LogP contribution >= 0.6 is 0 Å². The lowest BCUT2D eigenvalue weighted by molar-refractivity contribution is -0.0918. The number of nitrogens with one attached hydrogen (secondary N) is 1. The van der Waals surface area contributed by atoms with Crippen molar-refractivity contribution in [2.45, 2.75) is 102 Å². The number of aromatic nitrogens is 2. The molecule has 0 unspecified atom stereocenters. The molecule has 0 amide bonds. The minimum atomic E-state index is -2.76. The van der Waals surface area contributed by atoms with Gasteiger partial charge in [-0.2, -0.15) is 0 Å². The fourth-order valence-electron chi connectivity index (χ4n) is 5.79. The highest BCUT2D eigenvalue weighted by Gasteiger charge is 2.62. The van der Waals surface area contributed by atoms with Crippen LogP contribution in [0.15, 0.2) is 21.7 Å². The van der Waals surface area contributed by atoms with Gasteiger partial charge in [0.2, 0.25) is 0 Å². The first-order valence-corrected chi connectivity index (χ1v) is 16.1. The molecule has 1 spiro atoms. The zero-order valence-electron chi connectivity index (χ0n) is 21.0. The maximum absolute atomic E-state index is 12.8. The summed E-state index contributed by atoms with van der Waals surface area (Å²) in [7, 11) is -5.42. The Morgan fingerprint density at radius 3 is 2.15 bits per heavy atom. The van der Waals surface area contributed by atoms with Crippen LogP contribution in [-0.2, 0) is 23.4 Å². The standard InChI is InChI=1S/C23H38N2O6Si2/c1-14(2)32(15(3)4)28-13-20-19(30-33(31-32,16(5)6)17(7)8)12-23(29-20)10-9-18-11-21(26)24-22(27)25(18)23/h9-11,14-17,19-20H,12-13H2,1-8H3,(H,24,26,27)/t19-,20+,23-/m0/s1. The van der Waals surface area contributed by atoms with Gasteiger partial charge in [0.15, 0.2) is 5.72 Å². The molecule has 0 aromatic carbocycles. The van der Waals surface area contributed by atoms with Gasteiger partial charge in [0.05, 0.1) is 18.4 Å². The Balaban J connectivity index is 1.80. The summed E-state index contributed by atoms with van der Waals surface area (Å²) in [6, 6.07) is 1.42. The average molecular weight is 495 g/mol. The van der Waals surface area contributed by atoms with E-state index in [9.17, 15) is 9.59 Å². The molecule has 2 fully saturated rings. The molecule has 3 atom stereocenters. The molecule has 33 heavy (non-hydrogen) atoms. The minimum absolute atomic E-state index is 0.214. The Kier molecular flexibility index (Phi) is 6.33. The second kappa shape index (κ2) is 8.42. The minimum Gasteiger partial charge on any atom is -0.414 e. The van der Waals surface area contributed by atoms with Gasteiger partial charge in [-0.05, 0) is 34.3 Å². The van der Waals surface area contributed by atoms with Crippen LogP contribution in [0, 0.1) is 0 Å². The summed E-state index contributed by atoms with van der Waals surface area (Å²) in [6.07, 6.45) is 3.50. The molecule has 1 N–H and O–H groups in total. The van der Waals surface area contributed by atoms with Crippen molar-refractivity contribution in [1.29, 1.82) is 0 Å². The molecule has 184 valence electrons. The third kappa shape index (κ3) is 3.79. The quantitative estimate of drug-likeness (QED) is 0.637. The van der Waals surface area contributed by atoms with Gasteiger partial charge in [-0.1, -0.05) is 55.4 Å². The summed E-state index contributed by atoms with van der Waals surface area (Å²) in [5.74, 6) is 0. The van der Waals surface area contributed by atoms with Crippen LogP contribution in [0.4, 0.5) is 0 Å². The Morgan fingerprint density at radius 2 is 1.58 bits per heavy atom. The molecule has 0 bridgehead atoms. The van der Waals surface area contributed by atoms with Crippen LogP contribution in [0.5, 0.6) is 0 Å².